The number of nitrogens with zero attached hydrogens (tertiary/aromatic N) is 3. The summed E-state index contributed by atoms with van der Waals surface area (Å²) < 4.78 is 14.3. The Morgan fingerprint density at radius 3 is 2.61 bits per heavy atom. The normalized spacial score (nSPS) is 10.8. The second-order valence-corrected chi connectivity index (χ2v) is 7.27. The molecule has 4 rings (SSSR count). The highest BCUT2D eigenvalue weighted by Gasteiger charge is 2.20. The first-order valence-electron chi connectivity index (χ1n) is 8.40. The van der Waals surface area contributed by atoms with Gasteiger partial charge in [-0.25, -0.2) is 4.39 Å². The minimum absolute atomic E-state index is 0.289. The summed E-state index contributed by atoms with van der Waals surface area (Å²) in [7, 11) is 0. The Morgan fingerprint density at radius 2 is 1.89 bits per heavy atom. The van der Waals surface area contributed by atoms with Gasteiger partial charge in [0.2, 0.25) is 5.95 Å². The van der Waals surface area contributed by atoms with Crippen molar-refractivity contribution in [3.8, 4) is 10.7 Å². The molecule has 5 nitrogen and oxygen atoms in total. The quantitative estimate of drug-likeness (QED) is 0.495. The lowest BCUT2D eigenvalue weighted by molar-refractivity contribution is 0.0947. The van der Waals surface area contributed by atoms with Crippen molar-refractivity contribution < 1.29 is 9.18 Å². The Hall–Kier alpha value is -3.03. The van der Waals surface area contributed by atoms with Crippen molar-refractivity contribution in [2.24, 2.45) is 0 Å². The third-order valence-electron chi connectivity index (χ3n) is 4.01. The van der Waals surface area contributed by atoms with E-state index in [4.69, 9.17) is 11.6 Å². The second-order valence-electron chi connectivity index (χ2n) is 5.91. The van der Waals surface area contributed by atoms with E-state index in [0.29, 0.717) is 23.0 Å². The maximum atomic E-state index is 13.1. The Bertz CT molecular complexity index is 1110. The Morgan fingerprint density at radius 1 is 1.11 bits per heavy atom. The molecule has 0 radical (unpaired) electrons. The predicted molar refractivity (Wildman–Crippen MR) is 108 cm³/mol. The Labute approximate surface area is 169 Å². The highest BCUT2D eigenvalue weighted by Crippen LogP contribution is 2.25. The summed E-state index contributed by atoms with van der Waals surface area (Å²) in [4.78, 5) is 18.3. The Balaban J connectivity index is 1.68. The van der Waals surface area contributed by atoms with Crippen molar-refractivity contribution in [1.82, 2.24) is 14.8 Å². The number of aromatic nitrogens is 3. The number of benzene rings is 2. The van der Waals surface area contributed by atoms with Crippen LogP contribution in [0.25, 0.3) is 10.7 Å². The number of anilines is 1. The number of rotatable bonds is 5. The SMILES string of the molecule is O=C(c1ccccc1Cl)n1nc(-c2cccs2)nc1NCc1ccc(F)cc1. The topological polar surface area (TPSA) is 59.8 Å². The summed E-state index contributed by atoms with van der Waals surface area (Å²) >= 11 is 7.66. The molecule has 140 valence electrons. The van der Waals surface area contributed by atoms with Crippen molar-refractivity contribution in [2.45, 2.75) is 6.54 Å². The van der Waals surface area contributed by atoms with Crippen molar-refractivity contribution in [3.05, 3.63) is 88.0 Å². The molecule has 0 fully saturated rings. The van der Waals surface area contributed by atoms with Crippen molar-refractivity contribution >= 4 is 34.8 Å². The fourth-order valence-electron chi connectivity index (χ4n) is 2.61. The van der Waals surface area contributed by atoms with E-state index in [1.165, 1.54) is 28.2 Å². The minimum Gasteiger partial charge on any atom is -0.350 e. The number of thiophene rings is 1. The molecule has 0 aliphatic rings. The van der Waals surface area contributed by atoms with E-state index in [9.17, 15) is 9.18 Å². The van der Waals surface area contributed by atoms with E-state index in [1.54, 1.807) is 36.4 Å². The molecule has 0 unspecified atom stereocenters. The number of carbonyl (C=O) groups excluding carboxylic acids is 1. The van der Waals surface area contributed by atoms with Crippen molar-refractivity contribution in [3.63, 3.8) is 0 Å². The number of nitrogens with one attached hydrogen (secondary N) is 1. The molecule has 0 atom stereocenters. The smallest absolute Gasteiger partial charge is 0.282 e. The number of carbonyl (C=O) groups is 1. The van der Waals surface area contributed by atoms with Gasteiger partial charge in [-0.2, -0.15) is 9.67 Å². The van der Waals surface area contributed by atoms with Gasteiger partial charge in [0.05, 0.1) is 15.5 Å². The first-order chi connectivity index (χ1) is 13.6. The summed E-state index contributed by atoms with van der Waals surface area (Å²) in [5.74, 6) is 0.0398. The third-order valence-corrected chi connectivity index (χ3v) is 5.20. The lowest BCUT2D eigenvalue weighted by Crippen LogP contribution is -2.18. The van der Waals surface area contributed by atoms with Crippen LogP contribution in [0.15, 0.2) is 66.0 Å². The molecule has 0 aliphatic carbocycles. The van der Waals surface area contributed by atoms with Gasteiger partial charge in [-0.1, -0.05) is 41.9 Å². The molecular formula is C20H14ClFN4OS. The molecule has 0 amide bonds. The van der Waals surface area contributed by atoms with Gasteiger partial charge in [0.25, 0.3) is 5.91 Å². The van der Waals surface area contributed by atoms with Gasteiger partial charge >= 0.3 is 0 Å². The van der Waals surface area contributed by atoms with E-state index >= 15 is 0 Å². The number of halogens is 2. The molecule has 0 saturated carbocycles. The zero-order valence-electron chi connectivity index (χ0n) is 14.5. The molecule has 0 bridgehead atoms. The van der Waals surface area contributed by atoms with Crippen LogP contribution in [0, 0.1) is 5.82 Å². The van der Waals surface area contributed by atoms with Gasteiger partial charge in [0.1, 0.15) is 5.82 Å². The zero-order chi connectivity index (χ0) is 19.5. The average Bonchev–Trinajstić information content (AvgIpc) is 3.37. The number of hydrogen-bond acceptors (Lipinski definition) is 5. The van der Waals surface area contributed by atoms with Crippen LogP contribution in [0.2, 0.25) is 5.02 Å². The van der Waals surface area contributed by atoms with Gasteiger partial charge in [0.15, 0.2) is 5.82 Å². The van der Waals surface area contributed by atoms with Gasteiger partial charge in [-0.15, -0.1) is 16.4 Å². The molecule has 28 heavy (non-hydrogen) atoms. The number of hydrogen-bond donors (Lipinski definition) is 1. The van der Waals surface area contributed by atoms with Crippen LogP contribution in [-0.4, -0.2) is 20.7 Å². The maximum absolute atomic E-state index is 13.1. The second kappa shape index (κ2) is 7.92. The van der Waals surface area contributed by atoms with E-state index < -0.39 is 0 Å². The molecule has 8 heteroatoms. The monoisotopic (exact) mass is 412 g/mol. The first kappa shape index (κ1) is 18.3. The van der Waals surface area contributed by atoms with E-state index in [1.807, 2.05) is 17.5 Å². The molecular weight excluding hydrogens is 399 g/mol. The molecule has 1 N–H and O–H groups in total. The van der Waals surface area contributed by atoms with Crippen LogP contribution in [0.4, 0.5) is 10.3 Å². The van der Waals surface area contributed by atoms with E-state index in [-0.39, 0.29) is 17.7 Å². The largest absolute Gasteiger partial charge is 0.350 e. The third kappa shape index (κ3) is 3.81. The fraction of sp³-hybridized carbons (Fsp3) is 0.0500. The van der Waals surface area contributed by atoms with Crippen LogP contribution < -0.4 is 5.32 Å². The van der Waals surface area contributed by atoms with Crippen LogP contribution in [0.5, 0.6) is 0 Å². The lowest BCUT2D eigenvalue weighted by Gasteiger charge is -2.08. The molecule has 2 aromatic heterocycles. The summed E-state index contributed by atoms with van der Waals surface area (Å²) in [6.45, 7) is 0.360. The van der Waals surface area contributed by atoms with Crippen LogP contribution in [-0.2, 0) is 6.54 Å². The molecule has 2 aromatic carbocycles. The predicted octanol–water partition coefficient (Wildman–Crippen LogP) is 5.10. The van der Waals surface area contributed by atoms with Crippen molar-refractivity contribution in [1.29, 1.82) is 0 Å². The van der Waals surface area contributed by atoms with E-state index in [2.05, 4.69) is 15.4 Å². The fourth-order valence-corrected chi connectivity index (χ4v) is 3.48. The van der Waals surface area contributed by atoms with E-state index in [0.717, 1.165) is 10.4 Å². The first-order valence-corrected chi connectivity index (χ1v) is 9.66. The highest BCUT2D eigenvalue weighted by atomic mass is 35.5. The molecule has 4 aromatic rings. The lowest BCUT2D eigenvalue weighted by atomic mass is 10.2. The van der Waals surface area contributed by atoms with Crippen LogP contribution in [0.1, 0.15) is 15.9 Å². The average molecular weight is 413 g/mol. The molecule has 0 spiro atoms. The highest BCUT2D eigenvalue weighted by molar-refractivity contribution is 7.13. The Kier molecular flexibility index (Phi) is 5.18. The summed E-state index contributed by atoms with van der Waals surface area (Å²) in [5.41, 5.74) is 1.18. The summed E-state index contributed by atoms with van der Waals surface area (Å²) in [6, 6.07) is 16.7. The molecule has 2 heterocycles. The van der Waals surface area contributed by atoms with Crippen molar-refractivity contribution in [2.75, 3.05) is 5.32 Å². The maximum Gasteiger partial charge on any atom is 0.282 e. The zero-order valence-corrected chi connectivity index (χ0v) is 16.0. The summed E-state index contributed by atoms with van der Waals surface area (Å²) in [5, 5.41) is 9.74. The standard InChI is InChI=1S/C20H14ClFN4OS/c21-16-5-2-1-4-15(16)19(27)26-20(23-12-13-7-9-14(22)10-8-13)24-18(25-26)17-6-3-11-28-17/h1-11H,12H2,(H,23,24,25). The van der Waals surface area contributed by atoms with Crippen LogP contribution in [0.3, 0.4) is 0 Å². The van der Waals surface area contributed by atoms with Crippen LogP contribution >= 0.6 is 22.9 Å². The van der Waals surface area contributed by atoms with Gasteiger partial charge in [-0.05, 0) is 41.3 Å². The van der Waals surface area contributed by atoms with Gasteiger partial charge in [-0.3, -0.25) is 4.79 Å². The molecule has 0 saturated heterocycles. The van der Waals surface area contributed by atoms with Gasteiger partial charge < -0.3 is 5.32 Å². The minimum atomic E-state index is -0.387. The molecule has 0 aliphatic heterocycles. The summed E-state index contributed by atoms with van der Waals surface area (Å²) in [6.07, 6.45) is 0. The van der Waals surface area contributed by atoms with Gasteiger partial charge in [0, 0.05) is 6.54 Å².